The molecule has 0 spiro atoms. The topological polar surface area (TPSA) is 33.2 Å². The molecule has 0 atom stereocenters. The summed E-state index contributed by atoms with van der Waals surface area (Å²) in [7, 11) is 1.81. The standard InChI is InChI=1S/C10H13BrN2O/c1-13(10(14)2-5-11)8-9-3-6-12-7-4-9/h3-4,6-7H,2,5,8H2,1H3. The fourth-order valence-electron chi connectivity index (χ4n) is 1.12. The maximum Gasteiger partial charge on any atom is 0.223 e. The summed E-state index contributed by atoms with van der Waals surface area (Å²) in [6.07, 6.45) is 4.01. The molecule has 0 aliphatic rings. The Balaban J connectivity index is 2.49. The predicted octanol–water partition coefficient (Wildman–Crippen LogP) is 1.82. The van der Waals surface area contributed by atoms with E-state index >= 15 is 0 Å². The quantitative estimate of drug-likeness (QED) is 0.771. The molecule has 76 valence electrons. The molecule has 0 N–H and O–H groups in total. The van der Waals surface area contributed by atoms with Crippen LogP contribution in [-0.2, 0) is 11.3 Å². The molecule has 1 rings (SSSR count). The Morgan fingerprint density at radius 3 is 2.71 bits per heavy atom. The fraction of sp³-hybridized carbons (Fsp3) is 0.400. The average molecular weight is 257 g/mol. The molecule has 3 nitrogen and oxygen atoms in total. The number of carbonyl (C=O) groups excluding carboxylic acids is 1. The summed E-state index contributed by atoms with van der Waals surface area (Å²) in [6.45, 7) is 0.647. The molecule has 1 aromatic heterocycles. The van der Waals surface area contributed by atoms with Gasteiger partial charge in [-0.2, -0.15) is 0 Å². The molecule has 0 saturated heterocycles. The summed E-state index contributed by atoms with van der Waals surface area (Å²) in [6, 6.07) is 3.83. The summed E-state index contributed by atoms with van der Waals surface area (Å²) < 4.78 is 0. The highest BCUT2D eigenvalue weighted by atomic mass is 79.9. The second kappa shape index (κ2) is 5.75. The predicted molar refractivity (Wildman–Crippen MR) is 59.1 cm³/mol. The number of amides is 1. The smallest absolute Gasteiger partial charge is 0.223 e. The minimum Gasteiger partial charge on any atom is -0.341 e. The van der Waals surface area contributed by atoms with E-state index in [-0.39, 0.29) is 5.91 Å². The van der Waals surface area contributed by atoms with Crippen LogP contribution >= 0.6 is 15.9 Å². The minimum absolute atomic E-state index is 0.152. The van der Waals surface area contributed by atoms with Gasteiger partial charge in [-0.25, -0.2) is 0 Å². The summed E-state index contributed by atoms with van der Waals surface area (Å²) in [5.74, 6) is 0.152. The van der Waals surface area contributed by atoms with E-state index in [0.717, 1.165) is 5.56 Å². The third-order valence-corrected chi connectivity index (χ3v) is 2.30. The van der Waals surface area contributed by atoms with Gasteiger partial charge in [-0.05, 0) is 17.7 Å². The summed E-state index contributed by atoms with van der Waals surface area (Å²) >= 11 is 3.25. The van der Waals surface area contributed by atoms with E-state index in [2.05, 4.69) is 20.9 Å². The number of nitrogens with zero attached hydrogens (tertiary/aromatic N) is 2. The first-order chi connectivity index (χ1) is 6.74. The zero-order valence-electron chi connectivity index (χ0n) is 8.11. The summed E-state index contributed by atoms with van der Waals surface area (Å²) in [5, 5.41) is 0.715. The molecule has 0 radical (unpaired) electrons. The van der Waals surface area contributed by atoms with Crippen molar-refractivity contribution in [3.05, 3.63) is 30.1 Å². The molecule has 1 amide bonds. The van der Waals surface area contributed by atoms with Crippen molar-refractivity contribution in [1.29, 1.82) is 0 Å². The Hall–Kier alpha value is -0.900. The van der Waals surface area contributed by atoms with Crippen molar-refractivity contribution >= 4 is 21.8 Å². The molecule has 0 aliphatic carbocycles. The number of rotatable bonds is 4. The molecule has 0 fully saturated rings. The number of pyridine rings is 1. The van der Waals surface area contributed by atoms with Crippen LogP contribution < -0.4 is 0 Å². The van der Waals surface area contributed by atoms with Crippen LogP contribution in [0.25, 0.3) is 0 Å². The van der Waals surface area contributed by atoms with Gasteiger partial charge in [0.25, 0.3) is 0 Å². The van der Waals surface area contributed by atoms with Gasteiger partial charge in [0.2, 0.25) is 5.91 Å². The first kappa shape index (κ1) is 11.2. The monoisotopic (exact) mass is 256 g/mol. The van der Waals surface area contributed by atoms with Crippen LogP contribution in [0.2, 0.25) is 0 Å². The van der Waals surface area contributed by atoms with E-state index in [0.29, 0.717) is 18.3 Å². The van der Waals surface area contributed by atoms with Gasteiger partial charge in [0.05, 0.1) is 0 Å². The van der Waals surface area contributed by atoms with Gasteiger partial charge in [-0.1, -0.05) is 15.9 Å². The highest BCUT2D eigenvalue weighted by molar-refractivity contribution is 9.09. The maximum absolute atomic E-state index is 11.4. The highest BCUT2D eigenvalue weighted by Crippen LogP contribution is 2.03. The van der Waals surface area contributed by atoms with Crippen LogP contribution in [0.15, 0.2) is 24.5 Å². The Bertz CT molecular complexity index is 289. The summed E-state index contributed by atoms with van der Waals surface area (Å²) in [5.41, 5.74) is 1.10. The van der Waals surface area contributed by atoms with Crippen LogP contribution in [0.1, 0.15) is 12.0 Å². The van der Waals surface area contributed by atoms with Crippen LogP contribution in [0.4, 0.5) is 0 Å². The molecule has 0 bridgehead atoms. The molecule has 0 unspecified atom stereocenters. The molecule has 0 saturated carbocycles. The number of aromatic nitrogens is 1. The van der Waals surface area contributed by atoms with Gasteiger partial charge >= 0.3 is 0 Å². The average Bonchev–Trinajstić information content (AvgIpc) is 2.19. The van der Waals surface area contributed by atoms with Crippen LogP contribution in [-0.4, -0.2) is 28.2 Å². The normalized spacial score (nSPS) is 9.86. The Morgan fingerprint density at radius 2 is 2.14 bits per heavy atom. The van der Waals surface area contributed by atoms with Gasteiger partial charge in [0, 0.05) is 37.7 Å². The van der Waals surface area contributed by atoms with Crippen LogP contribution in [0.5, 0.6) is 0 Å². The van der Waals surface area contributed by atoms with E-state index in [1.165, 1.54) is 0 Å². The van der Waals surface area contributed by atoms with E-state index in [4.69, 9.17) is 0 Å². The van der Waals surface area contributed by atoms with Crippen molar-refractivity contribution in [3.8, 4) is 0 Å². The molecular formula is C10H13BrN2O. The van der Waals surface area contributed by atoms with Crippen molar-refractivity contribution in [2.24, 2.45) is 0 Å². The first-order valence-corrected chi connectivity index (χ1v) is 5.55. The van der Waals surface area contributed by atoms with Gasteiger partial charge in [-0.3, -0.25) is 9.78 Å². The van der Waals surface area contributed by atoms with Crippen molar-refractivity contribution in [2.75, 3.05) is 12.4 Å². The minimum atomic E-state index is 0.152. The zero-order chi connectivity index (χ0) is 10.4. The third kappa shape index (κ3) is 3.46. The van der Waals surface area contributed by atoms with Gasteiger partial charge in [0.15, 0.2) is 0 Å². The Labute approximate surface area is 92.3 Å². The lowest BCUT2D eigenvalue weighted by Gasteiger charge is -2.16. The Morgan fingerprint density at radius 1 is 1.50 bits per heavy atom. The fourth-order valence-corrected chi connectivity index (χ4v) is 1.46. The summed E-state index contributed by atoms with van der Waals surface area (Å²) in [4.78, 5) is 17.1. The van der Waals surface area contributed by atoms with E-state index in [1.807, 2.05) is 19.2 Å². The second-order valence-electron chi connectivity index (χ2n) is 3.04. The van der Waals surface area contributed by atoms with Crippen LogP contribution in [0.3, 0.4) is 0 Å². The maximum atomic E-state index is 11.4. The number of hydrogen-bond donors (Lipinski definition) is 0. The molecule has 1 aromatic rings. The molecule has 4 heteroatoms. The van der Waals surface area contributed by atoms with Gasteiger partial charge in [-0.15, -0.1) is 0 Å². The molecular weight excluding hydrogens is 244 g/mol. The van der Waals surface area contributed by atoms with Gasteiger partial charge < -0.3 is 4.90 Å². The van der Waals surface area contributed by atoms with Crippen molar-refractivity contribution in [1.82, 2.24) is 9.88 Å². The first-order valence-electron chi connectivity index (χ1n) is 4.43. The van der Waals surface area contributed by atoms with E-state index in [9.17, 15) is 4.79 Å². The lowest BCUT2D eigenvalue weighted by atomic mass is 10.2. The van der Waals surface area contributed by atoms with Crippen molar-refractivity contribution in [2.45, 2.75) is 13.0 Å². The Kier molecular flexibility index (Phi) is 4.59. The zero-order valence-corrected chi connectivity index (χ0v) is 9.70. The second-order valence-corrected chi connectivity index (χ2v) is 3.84. The van der Waals surface area contributed by atoms with Gasteiger partial charge in [0.1, 0.15) is 0 Å². The number of carbonyl (C=O) groups is 1. The molecule has 0 aromatic carbocycles. The molecule has 14 heavy (non-hydrogen) atoms. The molecule has 0 aliphatic heterocycles. The van der Waals surface area contributed by atoms with Crippen molar-refractivity contribution < 1.29 is 4.79 Å². The van der Waals surface area contributed by atoms with E-state index < -0.39 is 0 Å². The molecule has 1 heterocycles. The highest BCUT2D eigenvalue weighted by Gasteiger charge is 2.07. The lowest BCUT2D eigenvalue weighted by molar-refractivity contribution is -0.129. The third-order valence-electron chi connectivity index (χ3n) is 1.90. The van der Waals surface area contributed by atoms with E-state index in [1.54, 1.807) is 17.3 Å². The number of hydrogen-bond acceptors (Lipinski definition) is 2. The largest absolute Gasteiger partial charge is 0.341 e. The number of halogens is 1. The number of alkyl halides is 1. The lowest BCUT2D eigenvalue weighted by Crippen LogP contribution is -2.26. The van der Waals surface area contributed by atoms with Crippen molar-refractivity contribution in [3.63, 3.8) is 0 Å². The van der Waals surface area contributed by atoms with Crippen LogP contribution in [0, 0.1) is 0 Å². The SMILES string of the molecule is CN(Cc1ccncc1)C(=O)CCBr.